The van der Waals surface area contributed by atoms with Crippen molar-refractivity contribution in [2.24, 2.45) is 0 Å². The molecule has 0 saturated carbocycles. The van der Waals surface area contributed by atoms with Crippen molar-refractivity contribution in [1.29, 1.82) is 0 Å². The van der Waals surface area contributed by atoms with Crippen molar-refractivity contribution >= 4 is 34.5 Å². The second kappa shape index (κ2) is 8.76. The van der Waals surface area contributed by atoms with Crippen LogP contribution in [0.3, 0.4) is 0 Å². The first-order valence-electron chi connectivity index (χ1n) is 9.75. The van der Waals surface area contributed by atoms with Gasteiger partial charge in [0.1, 0.15) is 6.04 Å². The van der Waals surface area contributed by atoms with Gasteiger partial charge in [-0.25, -0.2) is 9.59 Å². The fourth-order valence-corrected chi connectivity index (χ4v) is 3.31. The Morgan fingerprint density at radius 1 is 1.09 bits per heavy atom. The van der Waals surface area contributed by atoms with Crippen LogP contribution in [0.15, 0.2) is 74.5 Å². The van der Waals surface area contributed by atoms with E-state index in [4.69, 9.17) is 8.83 Å². The minimum absolute atomic E-state index is 0.132. The van der Waals surface area contributed by atoms with Crippen LogP contribution >= 0.6 is 0 Å². The molecule has 0 aliphatic rings. The van der Waals surface area contributed by atoms with E-state index in [9.17, 15) is 19.5 Å². The molecule has 9 nitrogen and oxygen atoms in total. The zero-order valence-electron chi connectivity index (χ0n) is 17.0. The highest BCUT2D eigenvalue weighted by Gasteiger charge is 2.21. The first-order chi connectivity index (χ1) is 15.4. The number of nitrogens with one attached hydrogen (secondary N) is 2. The Bertz CT molecular complexity index is 1330. The van der Waals surface area contributed by atoms with Gasteiger partial charge in [0.25, 0.3) is 11.9 Å². The number of benzene rings is 2. The second-order valence-corrected chi connectivity index (χ2v) is 7.10. The molecule has 0 spiro atoms. The van der Waals surface area contributed by atoms with Gasteiger partial charge in [-0.2, -0.15) is 4.98 Å². The number of aryl methyl sites for hydroxylation is 1. The number of fused-ring (bicyclic) bond motifs is 1. The van der Waals surface area contributed by atoms with Gasteiger partial charge in [-0.05, 0) is 42.3 Å². The maximum absolute atomic E-state index is 12.7. The molecule has 0 aliphatic heterocycles. The van der Waals surface area contributed by atoms with Crippen LogP contribution in [0, 0.1) is 6.92 Å². The summed E-state index contributed by atoms with van der Waals surface area (Å²) in [6.07, 6.45) is 1.56. The van der Waals surface area contributed by atoms with Crippen LogP contribution in [0.25, 0.3) is 10.9 Å². The molecule has 0 fully saturated rings. The smallest absolute Gasteiger partial charge is 0.348 e. The number of aromatic nitrogens is 1. The third kappa shape index (κ3) is 4.36. The summed E-state index contributed by atoms with van der Waals surface area (Å²) in [6, 6.07) is 14.1. The van der Waals surface area contributed by atoms with Gasteiger partial charge < -0.3 is 24.6 Å². The highest BCUT2D eigenvalue weighted by molar-refractivity contribution is 6.04. The summed E-state index contributed by atoms with van der Waals surface area (Å²) in [7, 11) is 0. The van der Waals surface area contributed by atoms with Gasteiger partial charge in [0.15, 0.2) is 5.76 Å². The van der Waals surface area contributed by atoms with Crippen LogP contribution in [0.2, 0.25) is 0 Å². The number of carbonyl (C=O) groups is 2. The topological polar surface area (TPSA) is 135 Å². The van der Waals surface area contributed by atoms with Gasteiger partial charge in [-0.1, -0.05) is 30.3 Å². The van der Waals surface area contributed by atoms with Crippen LogP contribution in [0.1, 0.15) is 21.7 Å². The number of aliphatic carboxylic acids is 1. The Hall–Kier alpha value is -4.40. The van der Waals surface area contributed by atoms with E-state index in [0.717, 1.165) is 5.56 Å². The summed E-state index contributed by atoms with van der Waals surface area (Å²) >= 11 is 0. The van der Waals surface area contributed by atoms with Crippen LogP contribution in [0.4, 0.5) is 11.7 Å². The van der Waals surface area contributed by atoms with Crippen molar-refractivity contribution in [3.05, 3.63) is 88.2 Å². The molecule has 32 heavy (non-hydrogen) atoms. The van der Waals surface area contributed by atoms with Crippen LogP contribution in [-0.4, -0.2) is 28.0 Å². The molecule has 0 unspecified atom stereocenters. The summed E-state index contributed by atoms with van der Waals surface area (Å²) in [5.41, 5.74) is 1.29. The van der Waals surface area contributed by atoms with Gasteiger partial charge in [-0.15, -0.1) is 0 Å². The zero-order valence-corrected chi connectivity index (χ0v) is 17.0. The Balaban J connectivity index is 1.61. The molecule has 4 rings (SSSR count). The molecule has 2 aromatic heterocycles. The molecule has 2 heterocycles. The standard InChI is InChI=1S/C23H19N3O6/c1-13-15(24-20(27)18-8-5-11-31-18)9-10-16-19(13)22(30)32-23(25-16)26-17(21(28)29)12-14-6-3-2-4-7-14/h2-11,17H,12H2,1H3,(H,24,27)(H,25,26)(H,28,29)/t17-/m0/s1. The number of furan rings is 1. The molecule has 3 N–H and O–H groups in total. The molecule has 9 heteroatoms. The fourth-order valence-electron chi connectivity index (χ4n) is 3.31. The number of carboxylic acid groups (broad SMARTS) is 1. The van der Waals surface area contributed by atoms with E-state index < -0.39 is 23.5 Å². The molecule has 0 radical (unpaired) electrons. The third-order valence-electron chi connectivity index (χ3n) is 4.93. The highest BCUT2D eigenvalue weighted by atomic mass is 16.4. The number of amides is 1. The second-order valence-electron chi connectivity index (χ2n) is 7.10. The van der Waals surface area contributed by atoms with E-state index in [1.807, 2.05) is 30.3 Å². The highest BCUT2D eigenvalue weighted by Crippen LogP contribution is 2.24. The molecule has 2 aromatic carbocycles. The van der Waals surface area contributed by atoms with E-state index >= 15 is 0 Å². The third-order valence-corrected chi connectivity index (χ3v) is 4.93. The van der Waals surface area contributed by atoms with E-state index in [-0.39, 0.29) is 23.6 Å². The predicted octanol–water partition coefficient (Wildman–Crippen LogP) is 3.45. The first-order valence-corrected chi connectivity index (χ1v) is 9.75. The lowest BCUT2D eigenvalue weighted by molar-refractivity contribution is -0.137. The summed E-state index contributed by atoms with van der Waals surface area (Å²) < 4.78 is 10.3. The number of rotatable bonds is 7. The Kier molecular flexibility index (Phi) is 5.71. The molecule has 0 bridgehead atoms. The minimum atomic E-state index is -1.11. The summed E-state index contributed by atoms with van der Waals surface area (Å²) in [5, 5.41) is 15.1. The lowest BCUT2D eigenvalue weighted by atomic mass is 10.1. The van der Waals surface area contributed by atoms with Gasteiger partial charge in [-0.3, -0.25) is 4.79 Å². The van der Waals surface area contributed by atoms with Crippen LogP contribution < -0.4 is 16.3 Å². The maximum Gasteiger partial charge on any atom is 0.348 e. The van der Waals surface area contributed by atoms with Gasteiger partial charge in [0.2, 0.25) is 0 Å². The van der Waals surface area contributed by atoms with Crippen molar-refractivity contribution in [3.8, 4) is 0 Å². The Labute approximate surface area is 181 Å². The van der Waals surface area contributed by atoms with Crippen molar-refractivity contribution in [1.82, 2.24) is 4.98 Å². The normalized spacial score (nSPS) is 11.8. The van der Waals surface area contributed by atoms with E-state index in [1.54, 1.807) is 25.1 Å². The number of carboxylic acids is 1. The van der Waals surface area contributed by atoms with Crippen molar-refractivity contribution in [3.63, 3.8) is 0 Å². The summed E-state index contributed by atoms with van der Waals surface area (Å²) in [5.74, 6) is -1.43. The fraction of sp³-hybridized carbons (Fsp3) is 0.130. The largest absolute Gasteiger partial charge is 0.480 e. The number of anilines is 2. The molecule has 0 saturated heterocycles. The number of carbonyl (C=O) groups excluding carboxylic acids is 1. The zero-order chi connectivity index (χ0) is 22.7. The Morgan fingerprint density at radius 2 is 1.88 bits per heavy atom. The summed E-state index contributed by atoms with van der Waals surface area (Å²) in [6.45, 7) is 1.65. The molecule has 4 aromatic rings. The van der Waals surface area contributed by atoms with Crippen LogP contribution in [0.5, 0.6) is 0 Å². The molecule has 0 aliphatic carbocycles. The molecular formula is C23H19N3O6. The van der Waals surface area contributed by atoms with Crippen molar-refractivity contribution in [2.75, 3.05) is 10.6 Å². The number of nitrogens with zero attached hydrogens (tertiary/aromatic N) is 1. The SMILES string of the molecule is Cc1c(NC(=O)c2ccco2)ccc2nc(N[C@@H](Cc3ccccc3)C(=O)O)oc(=O)c12. The lowest BCUT2D eigenvalue weighted by Crippen LogP contribution is -2.32. The van der Waals surface area contributed by atoms with Gasteiger partial charge in [0, 0.05) is 12.1 Å². The minimum Gasteiger partial charge on any atom is -0.480 e. The molecular weight excluding hydrogens is 414 g/mol. The Morgan fingerprint density at radius 3 is 2.56 bits per heavy atom. The van der Waals surface area contributed by atoms with Gasteiger partial charge in [0.05, 0.1) is 17.2 Å². The molecule has 1 atom stereocenters. The summed E-state index contributed by atoms with van der Waals surface area (Å²) in [4.78, 5) is 40.9. The molecule has 1 amide bonds. The number of hydrogen-bond donors (Lipinski definition) is 3. The lowest BCUT2D eigenvalue weighted by Gasteiger charge is -2.15. The van der Waals surface area contributed by atoms with E-state index in [2.05, 4.69) is 15.6 Å². The van der Waals surface area contributed by atoms with Crippen molar-refractivity contribution < 1.29 is 23.5 Å². The number of hydrogen-bond acceptors (Lipinski definition) is 7. The maximum atomic E-state index is 12.7. The van der Waals surface area contributed by atoms with Crippen LogP contribution in [-0.2, 0) is 11.2 Å². The average molecular weight is 433 g/mol. The van der Waals surface area contributed by atoms with Gasteiger partial charge >= 0.3 is 11.6 Å². The monoisotopic (exact) mass is 433 g/mol. The van der Waals surface area contributed by atoms with E-state index in [1.165, 1.54) is 12.3 Å². The van der Waals surface area contributed by atoms with E-state index in [0.29, 0.717) is 16.8 Å². The average Bonchev–Trinajstić information content (AvgIpc) is 3.31. The van der Waals surface area contributed by atoms with Crippen molar-refractivity contribution in [2.45, 2.75) is 19.4 Å². The first kappa shape index (κ1) is 20.9. The quantitative estimate of drug-likeness (QED) is 0.403. The predicted molar refractivity (Wildman–Crippen MR) is 117 cm³/mol. The molecule has 162 valence electrons.